The van der Waals surface area contributed by atoms with Gasteiger partial charge in [-0.25, -0.2) is 0 Å². The summed E-state index contributed by atoms with van der Waals surface area (Å²) >= 11 is 0. The minimum atomic E-state index is -2.97. The molecule has 1 aliphatic heterocycles. The maximum atomic E-state index is 12.8. The number of halogens is 2. The van der Waals surface area contributed by atoms with Crippen LogP contribution in [-0.2, 0) is 11.2 Å². The fourth-order valence-electron chi connectivity index (χ4n) is 3.83. The van der Waals surface area contributed by atoms with Crippen LogP contribution in [0.4, 0.5) is 14.5 Å². The van der Waals surface area contributed by atoms with Gasteiger partial charge in [0, 0.05) is 31.4 Å². The second-order valence-corrected chi connectivity index (χ2v) is 7.36. The quantitative estimate of drug-likeness (QED) is 0.619. The zero-order valence-corrected chi connectivity index (χ0v) is 17.3. The average Bonchev–Trinajstić information content (AvgIpc) is 2.73. The van der Waals surface area contributed by atoms with Crippen LogP contribution in [0.3, 0.4) is 0 Å². The molecule has 0 radical (unpaired) electrons. The molecule has 2 aromatic carbocycles. The smallest absolute Gasteiger partial charge is 0.387 e. The first-order valence-corrected chi connectivity index (χ1v) is 10.0. The van der Waals surface area contributed by atoms with Crippen molar-refractivity contribution in [2.24, 2.45) is 5.73 Å². The first kappa shape index (κ1) is 22.8. The fourth-order valence-corrected chi connectivity index (χ4v) is 3.83. The largest absolute Gasteiger partial charge is 0.493 e. The molecule has 1 saturated heterocycles. The second kappa shape index (κ2) is 10.4. The van der Waals surface area contributed by atoms with Gasteiger partial charge in [-0.15, -0.1) is 0 Å². The molecule has 2 unspecified atom stereocenters. The van der Waals surface area contributed by atoms with Crippen molar-refractivity contribution in [1.29, 1.82) is 0 Å². The number of ether oxygens (including phenoxy) is 2. The highest BCUT2D eigenvalue weighted by Gasteiger charge is 2.31. The van der Waals surface area contributed by atoms with E-state index in [4.69, 9.17) is 10.5 Å². The lowest BCUT2D eigenvalue weighted by Gasteiger charge is -2.43. The minimum Gasteiger partial charge on any atom is -0.493 e. The van der Waals surface area contributed by atoms with Crippen LogP contribution in [0.1, 0.15) is 12.0 Å². The number of rotatable bonds is 8. The molecular formula is C22H27F2N3O4. The van der Waals surface area contributed by atoms with Gasteiger partial charge >= 0.3 is 6.61 Å². The summed E-state index contributed by atoms with van der Waals surface area (Å²) < 4.78 is 35.3. The topological polar surface area (TPSA) is 88.3 Å². The molecule has 1 amide bonds. The van der Waals surface area contributed by atoms with Crippen LogP contribution in [0.25, 0.3) is 0 Å². The number of amides is 1. The Morgan fingerprint density at radius 3 is 2.58 bits per heavy atom. The summed E-state index contributed by atoms with van der Waals surface area (Å²) in [5, 5.41) is 9.44. The molecule has 2 atom stereocenters. The molecule has 31 heavy (non-hydrogen) atoms. The summed E-state index contributed by atoms with van der Waals surface area (Å²) in [6.45, 7) is -1.56. The molecule has 9 heteroatoms. The molecule has 0 saturated carbocycles. The van der Waals surface area contributed by atoms with Crippen molar-refractivity contribution >= 4 is 11.6 Å². The number of hydrogen-bond donors (Lipinski definition) is 2. The number of piperazine rings is 1. The Bertz CT molecular complexity index is 867. The summed E-state index contributed by atoms with van der Waals surface area (Å²) in [7, 11) is 1.39. The van der Waals surface area contributed by atoms with E-state index in [0.717, 1.165) is 5.56 Å². The third kappa shape index (κ3) is 6.05. The maximum Gasteiger partial charge on any atom is 0.387 e. The van der Waals surface area contributed by atoms with Crippen LogP contribution in [0.15, 0.2) is 48.5 Å². The molecule has 0 bridgehead atoms. The van der Waals surface area contributed by atoms with Crippen molar-refractivity contribution in [1.82, 2.24) is 4.90 Å². The van der Waals surface area contributed by atoms with Gasteiger partial charge in [-0.3, -0.25) is 4.79 Å². The second-order valence-electron chi connectivity index (χ2n) is 7.36. The monoisotopic (exact) mass is 435 g/mol. The van der Waals surface area contributed by atoms with E-state index in [1.54, 1.807) is 17.0 Å². The third-order valence-electron chi connectivity index (χ3n) is 5.23. The highest BCUT2D eigenvalue weighted by atomic mass is 19.3. The number of alkyl halides is 2. The highest BCUT2D eigenvalue weighted by Crippen LogP contribution is 2.34. The van der Waals surface area contributed by atoms with E-state index in [2.05, 4.69) is 4.74 Å². The zero-order valence-electron chi connectivity index (χ0n) is 17.3. The van der Waals surface area contributed by atoms with Crippen LogP contribution in [-0.4, -0.2) is 61.5 Å². The van der Waals surface area contributed by atoms with Gasteiger partial charge in [0.05, 0.1) is 19.6 Å². The van der Waals surface area contributed by atoms with Crippen molar-refractivity contribution in [3.8, 4) is 11.5 Å². The number of aliphatic hydroxyl groups is 1. The zero-order chi connectivity index (χ0) is 22.4. The lowest BCUT2D eigenvalue weighted by atomic mass is 10.0. The summed E-state index contributed by atoms with van der Waals surface area (Å²) in [4.78, 5) is 16.4. The Hall–Kier alpha value is -2.91. The molecule has 3 N–H and O–H groups in total. The average molecular weight is 435 g/mol. The van der Waals surface area contributed by atoms with Crippen molar-refractivity contribution in [2.45, 2.75) is 31.7 Å². The highest BCUT2D eigenvalue weighted by molar-refractivity contribution is 5.77. The van der Waals surface area contributed by atoms with E-state index < -0.39 is 12.8 Å². The Morgan fingerprint density at radius 1 is 1.19 bits per heavy atom. The van der Waals surface area contributed by atoms with Gasteiger partial charge in [-0.2, -0.15) is 8.78 Å². The van der Waals surface area contributed by atoms with E-state index in [1.165, 1.54) is 13.2 Å². The summed E-state index contributed by atoms with van der Waals surface area (Å²) in [6, 6.07) is 14.5. The number of hydrogen-bond acceptors (Lipinski definition) is 6. The number of anilines is 1. The van der Waals surface area contributed by atoms with E-state index >= 15 is 0 Å². The van der Waals surface area contributed by atoms with Crippen molar-refractivity contribution in [2.75, 3.05) is 31.6 Å². The van der Waals surface area contributed by atoms with Crippen LogP contribution in [0.2, 0.25) is 0 Å². The predicted octanol–water partition coefficient (Wildman–Crippen LogP) is 2.22. The standard InChI is InChI=1S/C22H27F2N3O4/c1-30-18-8-7-16(12-19(18)31-22(23)24)26-9-10-27(21(29)13-20(25)28)17(14-26)11-15-5-3-2-4-6-15/h2-8,12,17,20,22,28H,9-11,13-14,25H2,1H3. The predicted molar refractivity (Wildman–Crippen MR) is 112 cm³/mol. The van der Waals surface area contributed by atoms with Gasteiger partial charge in [0.25, 0.3) is 0 Å². The Kier molecular flexibility index (Phi) is 7.64. The number of benzene rings is 2. The molecule has 7 nitrogen and oxygen atoms in total. The lowest BCUT2D eigenvalue weighted by Crippen LogP contribution is -2.56. The van der Waals surface area contributed by atoms with Gasteiger partial charge in [0.15, 0.2) is 11.5 Å². The normalized spacial score (nSPS) is 17.5. The molecular weight excluding hydrogens is 408 g/mol. The molecule has 168 valence electrons. The SMILES string of the molecule is COc1ccc(N2CCN(C(=O)CC(N)O)C(Cc3ccccc3)C2)cc1OC(F)F. The molecule has 2 aromatic rings. The van der Waals surface area contributed by atoms with Crippen LogP contribution >= 0.6 is 0 Å². The van der Waals surface area contributed by atoms with Crippen LogP contribution in [0, 0.1) is 0 Å². The molecule has 0 spiro atoms. The molecule has 1 fully saturated rings. The summed E-state index contributed by atoms with van der Waals surface area (Å²) in [6.07, 6.45) is -0.751. The molecule has 0 aromatic heterocycles. The van der Waals surface area contributed by atoms with E-state index in [-0.39, 0.29) is 29.9 Å². The van der Waals surface area contributed by atoms with E-state index in [9.17, 15) is 18.7 Å². The number of carbonyl (C=O) groups excluding carboxylic acids is 1. The first-order chi connectivity index (χ1) is 14.9. The summed E-state index contributed by atoms with van der Waals surface area (Å²) in [5.41, 5.74) is 7.17. The van der Waals surface area contributed by atoms with Crippen molar-refractivity contribution in [3.63, 3.8) is 0 Å². The Morgan fingerprint density at radius 2 is 1.94 bits per heavy atom. The van der Waals surface area contributed by atoms with Gasteiger partial charge < -0.3 is 30.1 Å². The molecule has 3 rings (SSSR count). The van der Waals surface area contributed by atoms with Crippen LogP contribution < -0.4 is 20.1 Å². The number of nitrogens with zero attached hydrogens (tertiary/aromatic N) is 2. The van der Waals surface area contributed by atoms with Gasteiger partial charge in [0.1, 0.15) is 6.23 Å². The van der Waals surface area contributed by atoms with Crippen molar-refractivity contribution in [3.05, 3.63) is 54.1 Å². The fraction of sp³-hybridized carbons (Fsp3) is 0.409. The van der Waals surface area contributed by atoms with Gasteiger partial charge in [-0.05, 0) is 24.1 Å². The Labute approximate surface area is 180 Å². The van der Waals surface area contributed by atoms with Crippen molar-refractivity contribution < 1.29 is 28.2 Å². The maximum absolute atomic E-state index is 12.8. The van der Waals surface area contributed by atoms with Gasteiger partial charge in [-0.1, -0.05) is 30.3 Å². The number of carbonyl (C=O) groups is 1. The van der Waals surface area contributed by atoms with Crippen LogP contribution in [0.5, 0.6) is 11.5 Å². The van der Waals surface area contributed by atoms with E-state index in [1.807, 2.05) is 35.2 Å². The van der Waals surface area contributed by atoms with Gasteiger partial charge in [0.2, 0.25) is 5.91 Å². The lowest BCUT2D eigenvalue weighted by molar-refractivity contribution is -0.135. The molecule has 1 heterocycles. The first-order valence-electron chi connectivity index (χ1n) is 10.0. The van der Waals surface area contributed by atoms with E-state index in [0.29, 0.717) is 31.7 Å². The summed E-state index contributed by atoms with van der Waals surface area (Å²) in [5.74, 6) is -0.0398. The minimum absolute atomic E-state index is 0.0423. The number of methoxy groups -OCH3 is 1. The number of nitrogens with two attached hydrogens (primary N) is 1. The molecule has 0 aliphatic carbocycles. The molecule has 1 aliphatic rings. The third-order valence-corrected chi connectivity index (χ3v) is 5.23. The number of aliphatic hydroxyl groups excluding tert-OH is 1. The Balaban J connectivity index is 1.83.